The van der Waals surface area contributed by atoms with E-state index in [0.29, 0.717) is 41.5 Å². The molecule has 0 saturated heterocycles. The third-order valence-electron chi connectivity index (χ3n) is 5.64. The Labute approximate surface area is 184 Å². The first-order valence-electron chi connectivity index (χ1n) is 10.7. The van der Waals surface area contributed by atoms with Crippen LogP contribution in [-0.4, -0.2) is 56.8 Å². The summed E-state index contributed by atoms with van der Waals surface area (Å²) < 4.78 is 10.5. The Morgan fingerprint density at radius 1 is 1.03 bits per heavy atom. The second-order valence-corrected chi connectivity index (χ2v) is 8.26. The summed E-state index contributed by atoms with van der Waals surface area (Å²) in [7, 11) is 7.11. The van der Waals surface area contributed by atoms with Gasteiger partial charge in [-0.2, -0.15) is 4.98 Å². The molecule has 1 aromatic carbocycles. The van der Waals surface area contributed by atoms with E-state index in [1.807, 2.05) is 32.0 Å². The lowest BCUT2D eigenvalue weighted by Crippen LogP contribution is -2.34. The number of carbonyl (C=O) groups is 1. The van der Waals surface area contributed by atoms with E-state index in [-0.39, 0.29) is 5.91 Å². The van der Waals surface area contributed by atoms with Crippen LogP contribution in [0.3, 0.4) is 0 Å². The lowest BCUT2D eigenvalue weighted by molar-refractivity contribution is 0.0942. The monoisotopic (exact) mass is 427 g/mol. The van der Waals surface area contributed by atoms with Crippen molar-refractivity contribution in [2.24, 2.45) is 5.92 Å². The van der Waals surface area contributed by atoms with Gasteiger partial charge in [-0.25, -0.2) is 4.98 Å². The van der Waals surface area contributed by atoms with Crippen LogP contribution in [0.1, 0.15) is 41.7 Å². The summed E-state index contributed by atoms with van der Waals surface area (Å²) in [6.07, 6.45) is 4.15. The maximum atomic E-state index is 12.6. The van der Waals surface area contributed by atoms with Gasteiger partial charge in [0, 0.05) is 50.1 Å². The van der Waals surface area contributed by atoms with Crippen molar-refractivity contribution >= 4 is 17.7 Å². The largest absolute Gasteiger partial charge is 0.497 e. The molecule has 1 fully saturated rings. The summed E-state index contributed by atoms with van der Waals surface area (Å²) >= 11 is 0. The Hall–Kier alpha value is -3.03. The average Bonchev–Trinajstić information content (AvgIpc) is 2.77. The molecule has 0 aliphatic heterocycles. The Morgan fingerprint density at radius 3 is 2.26 bits per heavy atom. The summed E-state index contributed by atoms with van der Waals surface area (Å²) in [4.78, 5) is 23.7. The highest BCUT2D eigenvalue weighted by atomic mass is 16.5. The van der Waals surface area contributed by atoms with Gasteiger partial charge in [-0.05, 0) is 50.7 Å². The summed E-state index contributed by atoms with van der Waals surface area (Å²) in [5.74, 6) is 3.15. The number of nitrogens with zero attached hydrogens (tertiary/aromatic N) is 3. The van der Waals surface area contributed by atoms with E-state index in [1.165, 1.54) is 0 Å². The molecule has 0 bridgehead atoms. The summed E-state index contributed by atoms with van der Waals surface area (Å²) in [5, 5.41) is 6.55. The maximum absolute atomic E-state index is 12.6. The van der Waals surface area contributed by atoms with Gasteiger partial charge in [-0.15, -0.1) is 0 Å². The highest BCUT2D eigenvalue weighted by Gasteiger charge is 2.23. The normalized spacial score (nSPS) is 18.2. The van der Waals surface area contributed by atoms with Crippen molar-refractivity contribution in [3.8, 4) is 11.5 Å². The second kappa shape index (κ2) is 10.3. The fourth-order valence-electron chi connectivity index (χ4n) is 3.82. The van der Waals surface area contributed by atoms with Crippen LogP contribution in [0.25, 0.3) is 0 Å². The van der Waals surface area contributed by atoms with Crippen LogP contribution in [0.5, 0.6) is 11.5 Å². The number of hydrogen-bond donors (Lipinski definition) is 2. The van der Waals surface area contributed by atoms with Gasteiger partial charge in [0.2, 0.25) is 5.95 Å². The van der Waals surface area contributed by atoms with Crippen molar-refractivity contribution in [1.82, 2.24) is 15.3 Å². The molecule has 0 spiro atoms. The number of hydrogen-bond acceptors (Lipinski definition) is 7. The summed E-state index contributed by atoms with van der Waals surface area (Å²) in [5.41, 5.74) is 1.49. The molecule has 8 nitrogen and oxygen atoms in total. The third-order valence-corrected chi connectivity index (χ3v) is 5.64. The van der Waals surface area contributed by atoms with E-state index in [4.69, 9.17) is 9.47 Å². The number of anilines is 2. The molecule has 31 heavy (non-hydrogen) atoms. The second-order valence-electron chi connectivity index (χ2n) is 8.26. The minimum atomic E-state index is -0.109. The maximum Gasteiger partial charge on any atom is 0.251 e. The van der Waals surface area contributed by atoms with Crippen molar-refractivity contribution in [3.05, 3.63) is 35.5 Å². The van der Waals surface area contributed by atoms with Crippen molar-refractivity contribution in [3.63, 3.8) is 0 Å². The van der Waals surface area contributed by atoms with Crippen molar-refractivity contribution in [2.75, 3.05) is 45.1 Å². The Kier molecular flexibility index (Phi) is 7.55. The van der Waals surface area contributed by atoms with Crippen LogP contribution >= 0.6 is 0 Å². The van der Waals surface area contributed by atoms with Crippen LogP contribution < -0.4 is 25.0 Å². The highest BCUT2D eigenvalue weighted by Crippen LogP contribution is 2.27. The van der Waals surface area contributed by atoms with Crippen molar-refractivity contribution in [2.45, 2.75) is 38.6 Å². The highest BCUT2D eigenvalue weighted by molar-refractivity contribution is 5.95. The predicted octanol–water partition coefficient (Wildman–Crippen LogP) is 3.27. The smallest absolute Gasteiger partial charge is 0.251 e. The van der Waals surface area contributed by atoms with Gasteiger partial charge in [0.1, 0.15) is 17.3 Å². The van der Waals surface area contributed by atoms with Crippen LogP contribution in [0.2, 0.25) is 0 Å². The Morgan fingerprint density at radius 2 is 1.68 bits per heavy atom. The van der Waals surface area contributed by atoms with Gasteiger partial charge in [-0.1, -0.05) is 0 Å². The van der Waals surface area contributed by atoms with Gasteiger partial charge >= 0.3 is 0 Å². The molecule has 2 aromatic rings. The molecule has 0 atom stereocenters. The van der Waals surface area contributed by atoms with Gasteiger partial charge in [0.05, 0.1) is 14.2 Å². The van der Waals surface area contributed by atoms with Crippen LogP contribution in [-0.2, 0) is 0 Å². The first-order chi connectivity index (χ1) is 14.9. The molecular formula is C23H33N5O3. The number of rotatable bonds is 8. The molecule has 1 amide bonds. The van der Waals surface area contributed by atoms with Crippen LogP contribution in [0.4, 0.5) is 11.8 Å². The number of amides is 1. The Balaban J connectivity index is 1.49. The lowest BCUT2D eigenvalue weighted by atomic mass is 9.86. The lowest BCUT2D eigenvalue weighted by Gasteiger charge is -2.29. The third kappa shape index (κ3) is 6.23. The van der Waals surface area contributed by atoms with E-state index in [2.05, 4.69) is 20.6 Å². The number of methoxy groups -OCH3 is 2. The topological polar surface area (TPSA) is 88.6 Å². The molecule has 3 rings (SSSR count). The molecule has 0 unspecified atom stereocenters. The SMILES string of the molecule is COc1cc(OC)cc(C(=O)NC[C@H]2CC[C@@H](Nc3nc(C)cc(N(C)C)n3)CC2)c1. The molecular weight excluding hydrogens is 394 g/mol. The quantitative estimate of drug-likeness (QED) is 0.668. The number of aryl methyl sites for hydroxylation is 1. The number of ether oxygens (including phenoxy) is 2. The number of nitrogens with one attached hydrogen (secondary N) is 2. The molecule has 1 aromatic heterocycles. The van der Waals surface area contributed by atoms with Crippen LogP contribution in [0.15, 0.2) is 24.3 Å². The van der Waals surface area contributed by atoms with E-state index >= 15 is 0 Å². The molecule has 2 N–H and O–H groups in total. The number of aromatic nitrogens is 2. The molecule has 8 heteroatoms. The molecule has 168 valence electrons. The van der Waals surface area contributed by atoms with E-state index in [9.17, 15) is 4.79 Å². The minimum absolute atomic E-state index is 0.109. The van der Waals surface area contributed by atoms with Gasteiger partial charge in [0.25, 0.3) is 5.91 Å². The summed E-state index contributed by atoms with van der Waals surface area (Å²) in [6, 6.07) is 7.53. The molecule has 0 radical (unpaired) electrons. The fraction of sp³-hybridized carbons (Fsp3) is 0.522. The van der Waals surface area contributed by atoms with Crippen LogP contribution in [0, 0.1) is 12.8 Å². The standard InChI is InChI=1S/C23H33N5O3/c1-15-10-21(28(2)3)27-23(25-15)26-18-8-6-16(7-9-18)14-24-22(29)17-11-19(30-4)13-20(12-17)31-5/h10-13,16,18H,6-9,14H2,1-5H3,(H,24,29)(H,25,26,27)/t16-,18+. The zero-order valence-electron chi connectivity index (χ0n) is 19.1. The van der Waals surface area contributed by atoms with Crippen molar-refractivity contribution in [1.29, 1.82) is 0 Å². The van der Waals surface area contributed by atoms with E-state index in [1.54, 1.807) is 32.4 Å². The average molecular weight is 428 g/mol. The fourth-order valence-corrected chi connectivity index (χ4v) is 3.82. The van der Waals surface area contributed by atoms with E-state index < -0.39 is 0 Å². The number of carbonyl (C=O) groups excluding carboxylic acids is 1. The Bertz CT molecular complexity index is 873. The molecule has 1 saturated carbocycles. The summed E-state index contributed by atoms with van der Waals surface area (Å²) in [6.45, 7) is 2.65. The first-order valence-corrected chi connectivity index (χ1v) is 10.7. The zero-order valence-corrected chi connectivity index (χ0v) is 19.1. The van der Waals surface area contributed by atoms with Crippen molar-refractivity contribution < 1.29 is 14.3 Å². The minimum Gasteiger partial charge on any atom is -0.497 e. The van der Waals surface area contributed by atoms with E-state index in [0.717, 1.165) is 37.2 Å². The molecule has 1 heterocycles. The first kappa shape index (κ1) is 22.7. The predicted molar refractivity (Wildman–Crippen MR) is 122 cm³/mol. The van der Waals surface area contributed by atoms with Gasteiger partial charge in [0.15, 0.2) is 0 Å². The molecule has 1 aliphatic rings. The number of benzene rings is 1. The van der Waals surface area contributed by atoms with Gasteiger partial charge in [-0.3, -0.25) is 4.79 Å². The zero-order chi connectivity index (χ0) is 22.4. The van der Waals surface area contributed by atoms with Gasteiger partial charge < -0.3 is 25.0 Å². The molecule has 1 aliphatic carbocycles.